The van der Waals surface area contributed by atoms with Crippen LogP contribution < -0.4 is 5.32 Å². The van der Waals surface area contributed by atoms with Gasteiger partial charge in [0.2, 0.25) is 5.91 Å². The Morgan fingerprint density at radius 1 is 1.44 bits per heavy atom. The van der Waals surface area contributed by atoms with E-state index in [1.54, 1.807) is 6.08 Å². The first-order valence-corrected chi connectivity index (χ1v) is 5.71. The lowest BCUT2D eigenvalue weighted by molar-refractivity contribution is -0.140. The van der Waals surface area contributed by atoms with Crippen molar-refractivity contribution in [3.8, 4) is 0 Å². The summed E-state index contributed by atoms with van der Waals surface area (Å²) in [7, 11) is 0. The van der Waals surface area contributed by atoms with E-state index in [1.807, 2.05) is 0 Å². The van der Waals surface area contributed by atoms with Crippen molar-refractivity contribution in [2.24, 2.45) is 5.92 Å². The largest absolute Gasteiger partial charge is 0.480 e. The molecule has 0 aromatic rings. The number of rotatable bonds is 3. The molecule has 1 aliphatic carbocycles. The van der Waals surface area contributed by atoms with Crippen LogP contribution in [-0.2, 0) is 9.59 Å². The van der Waals surface area contributed by atoms with E-state index >= 15 is 0 Å². The van der Waals surface area contributed by atoms with Gasteiger partial charge < -0.3 is 10.4 Å². The molecule has 1 aliphatic rings. The Morgan fingerprint density at radius 3 is 2.50 bits per heavy atom. The SMILES string of the molecule is CC1CCC(=CC(=O)N[C@@H](C)C(=O)O)CC1. The fourth-order valence-electron chi connectivity index (χ4n) is 1.78. The number of nitrogens with one attached hydrogen (secondary N) is 1. The highest BCUT2D eigenvalue weighted by atomic mass is 16.4. The molecule has 1 saturated carbocycles. The van der Waals surface area contributed by atoms with Crippen LogP contribution >= 0.6 is 0 Å². The molecule has 1 atom stereocenters. The second-order valence-electron chi connectivity index (χ2n) is 4.55. The summed E-state index contributed by atoms with van der Waals surface area (Å²) in [6, 6.07) is -0.827. The van der Waals surface area contributed by atoms with Crippen molar-refractivity contribution in [1.82, 2.24) is 5.32 Å². The average Bonchev–Trinajstić information content (AvgIpc) is 2.21. The van der Waals surface area contributed by atoms with Gasteiger partial charge in [0.1, 0.15) is 6.04 Å². The molecule has 0 spiro atoms. The molecule has 1 rings (SSSR count). The Labute approximate surface area is 95.7 Å². The summed E-state index contributed by atoms with van der Waals surface area (Å²) in [5.74, 6) is -0.568. The molecule has 0 radical (unpaired) electrons. The van der Waals surface area contributed by atoms with Crippen molar-refractivity contribution in [3.63, 3.8) is 0 Å². The van der Waals surface area contributed by atoms with Crippen molar-refractivity contribution >= 4 is 11.9 Å². The quantitative estimate of drug-likeness (QED) is 0.718. The van der Waals surface area contributed by atoms with E-state index in [0.29, 0.717) is 0 Å². The summed E-state index contributed by atoms with van der Waals surface area (Å²) in [6.07, 6.45) is 5.71. The van der Waals surface area contributed by atoms with Gasteiger partial charge in [-0.2, -0.15) is 0 Å². The van der Waals surface area contributed by atoms with Gasteiger partial charge >= 0.3 is 5.97 Å². The van der Waals surface area contributed by atoms with E-state index < -0.39 is 12.0 Å². The van der Waals surface area contributed by atoms with Crippen molar-refractivity contribution in [2.75, 3.05) is 0 Å². The predicted molar refractivity (Wildman–Crippen MR) is 61.0 cm³/mol. The number of carbonyl (C=O) groups excluding carboxylic acids is 1. The van der Waals surface area contributed by atoms with E-state index in [4.69, 9.17) is 5.11 Å². The molecular weight excluding hydrogens is 206 g/mol. The van der Waals surface area contributed by atoms with Gasteiger partial charge in [-0.25, -0.2) is 0 Å². The van der Waals surface area contributed by atoms with Gasteiger partial charge in [0.05, 0.1) is 0 Å². The van der Waals surface area contributed by atoms with Gasteiger partial charge in [-0.1, -0.05) is 12.5 Å². The number of carbonyl (C=O) groups is 2. The minimum absolute atomic E-state index is 0.292. The number of carboxylic acid groups (broad SMARTS) is 1. The summed E-state index contributed by atoms with van der Waals surface area (Å²) in [5.41, 5.74) is 1.13. The highest BCUT2D eigenvalue weighted by Gasteiger charge is 2.15. The minimum Gasteiger partial charge on any atom is -0.480 e. The molecule has 1 amide bonds. The van der Waals surface area contributed by atoms with E-state index in [2.05, 4.69) is 12.2 Å². The van der Waals surface area contributed by atoms with Crippen molar-refractivity contribution in [2.45, 2.75) is 45.6 Å². The van der Waals surface area contributed by atoms with Gasteiger partial charge in [-0.05, 0) is 38.5 Å². The third-order valence-electron chi connectivity index (χ3n) is 2.98. The van der Waals surface area contributed by atoms with Crippen LogP contribution in [0.15, 0.2) is 11.6 Å². The first-order chi connectivity index (χ1) is 7.49. The van der Waals surface area contributed by atoms with E-state index in [9.17, 15) is 9.59 Å². The molecule has 1 fully saturated rings. The molecule has 0 unspecified atom stereocenters. The molecule has 0 heterocycles. The van der Waals surface area contributed by atoms with Crippen LogP contribution in [0.2, 0.25) is 0 Å². The van der Waals surface area contributed by atoms with Gasteiger partial charge in [0.15, 0.2) is 0 Å². The number of amides is 1. The predicted octanol–water partition coefficient (Wildman–Crippen LogP) is 1.71. The Balaban J connectivity index is 2.44. The van der Waals surface area contributed by atoms with Gasteiger partial charge in [0.25, 0.3) is 0 Å². The highest BCUT2D eigenvalue weighted by Crippen LogP contribution is 2.27. The van der Waals surface area contributed by atoms with E-state index in [-0.39, 0.29) is 5.91 Å². The number of carboxylic acids is 1. The first-order valence-electron chi connectivity index (χ1n) is 5.71. The Morgan fingerprint density at radius 2 is 2.00 bits per heavy atom. The zero-order valence-electron chi connectivity index (χ0n) is 9.82. The molecule has 0 bridgehead atoms. The number of hydrogen-bond donors (Lipinski definition) is 2. The van der Waals surface area contributed by atoms with Crippen molar-refractivity contribution in [1.29, 1.82) is 0 Å². The fraction of sp³-hybridized carbons (Fsp3) is 0.667. The second-order valence-corrected chi connectivity index (χ2v) is 4.55. The summed E-state index contributed by atoms with van der Waals surface area (Å²) in [6.45, 7) is 3.67. The van der Waals surface area contributed by atoms with Crippen molar-refractivity contribution < 1.29 is 14.7 Å². The summed E-state index contributed by atoms with van der Waals surface area (Å²) in [4.78, 5) is 22.0. The first kappa shape index (κ1) is 12.7. The maximum Gasteiger partial charge on any atom is 0.325 e. The molecule has 0 saturated heterocycles. The van der Waals surface area contributed by atoms with Gasteiger partial charge in [0, 0.05) is 6.08 Å². The lowest BCUT2D eigenvalue weighted by Gasteiger charge is -2.20. The fourth-order valence-corrected chi connectivity index (χ4v) is 1.78. The Kier molecular flexibility index (Phi) is 4.52. The zero-order valence-corrected chi connectivity index (χ0v) is 9.82. The molecule has 0 aromatic carbocycles. The maximum absolute atomic E-state index is 11.5. The van der Waals surface area contributed by atoms with Crippen LogP contribution in [0, 0.1) is 5.92 Å². The number of hydrogen-bond acceptors (Lipinski definition) is 2. The maximum atomic E-state index is 11.5. The number of allylic oxidation sites excluding steroid dienone is 1. The normalized spacial score (nSPS) is 22.4. The minimum atomic E-state index is -1.01. The average molecular weight is 225 g/mol. The summed E-state index contributed by atoms with van der Waals surface area (Å²) < 4.78 is 0. The summed E-state index contributed by atoms with van der Waals surface area (Å²) >= 11 is 0. The molecule has 16 heavy (non-hydrogen) atoms. The van der Waals surface area contributed by atoms with Gasteiger partial charge in [-0.15, -0.1) is 0 Å². The van der Waals surface area contributed by atoms with Crippen LogP contribution in [0.4, 0.5) is 0 Å². The van der Waals surface area contributed by atoms with Crippen LogP contribution in [0.5, 0.6) is 0 Å². The standard InChI is InChI=1S/C12H19NO3/c1-8-3-5-10(6-4-8)7-11(14)13-9(2)12(15)16/h7-9H,3-6H2,1-2H3,(H,13,14)(H,15,16)/t8?,9-/m0/s1. The smallest absolute Gasteiger partial charge is 0.325 e. The Hall–Kier alpha value is -1.32. The molecular formula is C12H19NO3. The lowest BCUT2D eigenvalue weighted by atomic mass is 9.87. The second kappa shape index (κ2) is 5.68. The monoisotopic (exact) mass is 225 g/mol. The van der Waals surface area contributed by atoms with Crippen molar-refractivity contribution in [3.05, 3.63) is 11.6 Å². The Bertz CT molecular complexity index is 299. The van der Waals surface area contributed by atoms with E-state index in [1.165, 1.54) is 6.92 Å². The third-order valence-corrected chi connectivity index (χ3v) is 2.98. The molecule has 0 aromatic heterocycles. The summed E-state index contributed by atoms with van der Waals surface area (Å²) in [5, 5.41) is 11.1. The topological polar surface area (TPSA) is 66.4 Å². The van der Waals surface area contributed by atoms with Crippen LogP contribution in [0.3, 0.4) is 0 Å². The van der Waals surface area contributed by atoms with Crippen LogP contribution in [0.25, 0.3) is 0 Å². The molecule has 2 N–H and O–H groups in total. The van der Waals surface area contributed by atoms with Crippen LogP contribution in [0.1, 0.15) is 39.5 Å². The molecule has 0 aliphatic heterocycles. The molecule has 4 nitrogen and oxygen atoms in total. The third kappa shape index (κ3) is 4.04. The lowest BCUT2D eigenvalue weighted by Crippen LogP contribution is -2.37. The zero-order chi connectivity index (χ0) is 12.1. The number of aliphatic carboxylic acids is 1. The van der Waals surface area contributed by atoms with Gasteiger partial charge in [-0.3, -0.25) is 9.59 Å². The molecule has 90 valence electrons. The highest BCUT2D eigenvalue weighted by molar-refractivity contribution is 5.91. The van der Waals surface area contributed by atoms with Crippen LogP contribution in [-0.4, -0.2) is 23.0 Å². The molecule has 4 heteroatoms. The van der Waals surface area contributed by atoms with E-state index in [0.717, 1.165) is 37.2 Å².